The van der Waals surface area contributed by atoms with Gasteiger partial charge in [0, 0.05) is 31.7 Å². The van der Waals surface area contributed by atoms with Gasteiger partial charge in [-0.1, -0.05) is 19.0 Å². The molecule has 1 amide bonds. The molecule has 0 radical (unpaired) electrons. The Bertz CT molecular complexity index is 257. The van der Waals surface area contributed by atoms with E-state index in [0.717, 1.165) is 5.75 Å². The molecule has 0 aliphatic carbocycles. The minimum atomic E-state index is 0.138. The second-order valence-corrected chi connectivity index (χ2v) is 5.30. The highest BCUT2D eigenvalue weighted by molar-refractivity contribution is 7.98. The molecule has 0 rings (SSSR count). The number of nitrogens with two attached hydrogens (primary N) is 1. The van der Waals surface area contributed by atoms with Crippen LogP contribution in [0.3, 0.4) is 0 Å². The van der Waals surface area contributed by atoms with Crippen LogP contribution in [0.2, 0.25) is 0 Å². The summed E-state index contributed by atoms with van der Waals surface area (Å²) in [5.41, 5.74) is 5.41. The van der Waals surface area contributed by atoms with Crippen LogP contribution in [0.25, 0.3) is 0 Å². The molecule has 0 aliphatic rings. The standard InChI is InChI=1S/C11H23N3O2S/c1-9(2)8-14(6-4-10(12)13-16)11(15)5-7-17-3/h9,16H,4-8H2,1-3H3,(H2,12,13). The van der Waals surface area contributed by atoms with Gasteiger partial charge in [0.1, 0.15) is 5.84 Å². The molecule has 0 fully saturated rings. The first-order valence-corrected chi connectivity index (χ1v) is 7.13. The lowest BCUT2D eigenvalue weighted by molar-refractivity contribution is -0.131. The number of thioether (sulfide) groups is 1. The number of hydrogen-bond acceptors (Lipinski definition) is 4. The average Bonchev–Trinajstić information content (AvgIpc) is 2.30. The molecule has 6 heteroatoms. The van der Waals surface area contributed by atoms with Gasteiger partial charge in [0.05, 0.1) is 0 Å². The monoisotopic (exact) mass is 261 g/mol. The number of rotatable bonds is 8. The van der Waals surface area contributed by atoms with Gasteiger partial charge in [-0.2, -0.15) is 11.8 Å². The fourth-order valence-corrected chi connectivity index (χ4v) is 1.78. The van der Waals surface area contributed by atoms with Gasteiger partial charge in [0.2, 0.25) is 5.91 Å². The van der Waals surface area contributed by atoms with E-state index in [0.29, 0.717) is 31.8 Å². The highest BCUT2D eigenvalue weighted by Crippen LogP contribution is 2.05. The van der Waals surface area contributed by atoms with Crippen molar-refractivity contribution in [3.05, 3.63) is 0 Å². The van der Waals surface area contributed by atoms with Crippen LogP contribution in [0.1, 0.15) is 26.7 Å². The highest BCUT2D eigenvalue weighted by Gasteiger charge is 2.14. The molecule has 0 spiro atoms. The van der Waals surface area contributed by atoms with Gasteiger partial charge in [-0.25, -0.2) is 0 Å². The number of oxime groups is 1. The summed E-state index contributed by atoms with van der Waals surface area (Å²) in [5, 5.41) is 11.4. The van der Waals surface area contributed by atoms with Crippen LogP contribution in [0.4, 0.5) is 0 Å². The summed E-state index contributed by atoms with van der Waals surface area (Å²) in [5.74, 6) is 1.55. The Morgan fingerprint density at radius 3 is 2.59 bits per heavy atom. The van der Waals surface area contributed by atoms with Crippen LogP contribution in [0, 0.1) is 5.92 Å². The Kier molecular flexibility index (Phi) is 8.66. The maximum absolute atomic E-state index is 11.9. The van der Waals surface area contributed by atoms with Crippen molar-refractivity contribution in [1.29, 1.82) is 0 Å². The maximum atomic E-state index is 11.9. The number of amidine groups is 1. The molecule has 0 aromatic carbocycles. The third kappa shape index (κ3) is 7.90. The Balaban J connectivity index is 4.26. The summed E-state index contributed by atoms with van der Waals surface area (Å²) in [6, 6.07) is 0. The van der Waals surface area contributed by atoms with Crippen molar-refractivity contribution in [2.24, 2.45) is 16.8 Å². The number of hydrogen-bond donors (Lipinski definition) is 2. The first-order valence-electron chi connectivity index (χ1n) is 5.74. The van der Waals surface area contributed by atoms with E-state index in [9.17, 15) is 4.79 Å². The first kappa shape index (κ1) is 16.1. The third-order valence-corrected chi connectivity index (χ3v) is 2.84. The minimum Gasteiger partial charge on any atom is -0.409 e. The molecule has 0 bridgehead atoms. The molecule has 17 heavy (non-hydrogen) atoms. The molecule has 0 aromatic rings. The van der Waals surface area contributed by atoms with Gasteiger partial charge >= 0.3 is 0 Å². The smallest absolute Gasteiger partial charge is 0.223 e. The van der Waals surface area contributed by atoms with Crippen molar-refractivity contribution in [2.75, 3.05) is 25.1 Å². The van der Waals surface area contributed by atoms with Crippen molar-refractivity contribution in [3.8, 4) is 0 Å². The second kappa shape index (κ2) is 9.15. The van der Waals surface area contributed by atoms with Gasteiger partial charge in [0.25, 0.3) is 0 Å². The molecule has 100 valence electrons. The molecule has 0 atom stereocenters. The average molecular weight is 261 g/mol. The molecule has 3 N–H and O–H groups in total. The Morgan fingerprint density at radius 1 is 1.47 bits per heavy atom. The molecule has 5 nitrogen and oxygen atoms in total. The van der Waals surface area contributed by atoms with Crippen LogP contribution >= 0.6 is 11.8 Å². The topological polar surface area (TPSA) is 78.9 Å². The van der Waals surface area contributed by atoms with Crippen molar-refractivity contribution in [1.82, 2.24) is 4.90 Å². The van der Waals surface area contributed by atoms with Gasteiger partial charge in [-0.3, -0.25) is 4.79 Å². The zero-order valence-corrected chi connectivity index (χ0v) is 11.7. The van der Waals surface area contributed by atoms with Crippen LogP contribution in [0.5, 0.6) is 0 Å². The molecule has 0 saturated heterocycles. The van der Waals surface area contributed by atoms with E-state index >= 15 is 0 Å². The molecular formula is C11H23N3O2S. The van der Waals surface area contributed by atoms with Crippen LogP contribution in [-0.2, 0) is 4.79 Å². The molecule has 0 saturated carbocycles. The predicted molar refractivity (Wildman–Crippen MR) is 72.4 cm³/mol. The summed E-state index contributed by atoms with van der Waals surface area (Å²) in [4.78, 5) is 13.7. The number of carbonyl (C=O) groups is 1. The van der Waals surface area contributed by atoms with E-state index in [-0.39, 0.29) is 11.7 Å². The number of carbonyl (C=O) groups excluding carboxylic acids is 1. The summed E-state index contributed by atoms with van der Waals surface area (Å²) in [6.07, 6.45) is 2.94. The van der Waals surface area contributed by atoms with Gasteiger partial charge in [0.15, 0.2) is 0 Å². The molecule has 0 heterocycles. The highest BCUT2D eigenvalue weighted by atomic mass is 32.2. The lowest BCUT2D eigenvalue weighted by atomic mass is 10.2. The lowest BCUT2D eigenvalue weighted by Gasteiger charge is -2.24. The van der Waals surface area contributed by atoms with E-state index in [1.165, 1.54) is 0 Å². The molecule has 0 aliphatic heterocycles. The third-order valence-electron chi connectivity index (χ3n) is 2.22. The fourth-order valence-electron chi connectivity index (χ4n) is 1.41. The first-order chi connectivity index (χ1) is 8.01. The van der Waals surface area contributed by atoms with Crippen LogP contribution in [-0.4, -0.2) is 46.9 Å². The SMILES string of the molecule is CSCCC(=O)N(CCC(N)=NO)CC(C)C. The quantitative estimate of drug-likeness (QED) is 0.299. The second-order valence-electron chi connectivity index (χ2n) is 4.32. The zero-order valence-electron chi connectivity index (χ0n) is 10.8. The van der Waals surface area contributed by atoms with Crippen molar-refractivity contribution >= 4 is 23.5 Å². The molecule has 0 aromatic heterocycles. The van der Waals surface area contributed by atoms with Crippen molar-refractivity contribution in [2.45, 2.75) is 26.7 Å². The maximum Gasteiger partial charge on any atom is 0.223 e. The Labute approximate surface area is 107 Å². The normalized spacial score (nSPS) is 11.9. The van der Waals surface area contributed by atoms with Crippen molar-refractivity contribution in [3.63, 3.8) is 0 Å². The summed E-state index contributed by atoms with van der Waals surface area (Å²) in [7, 11) is 0. The minimum absolute atomic E-state index is 0.138. The van der Waals surface area contributed by atoms with E-state index in [4.69, 9.17) is 10.9 Å². The zero-order chi connectivity index (χ0) is 13.3. The summed E-state index contributed by atoms with van der Waals surface area (Å²) >= 11 is 1.66. The largest absolute Gasteiger partial charge is 0.409 e. The predicted octanol–water partition coefficient (Wildman–Crippen LogP) is 1.36. The van der Waals surface area contributed by atoms with E-state index < -0.39 is 0 Å². The van der Waals surface area contributed by atoms with Gasteiger partial charge < -0.3 is 15.8 Å². The Morgan fingerprint density at radius 2 is 2.12 bits per heavy atom. The molecular weight excluding hydrogens is 238 g/mol. The summed E-state index contributed by atoms with van der Waals surface area (Å²) in [6.45, 7) is 5.36. The summed E-state index contributed by atoms with van der Waals surface area (Å²) < 4.78 is 0. The number of amides is 1. The Hall–Kier alpha value is -0.910. The van der Waals surface area contributed by atoms with Crippen LogP contribution in [0.15, 0.2) is 5.16 Å². The van der Waals surface area contributed by atoms with Gasteiger partial charge in [-0.05, 0) is 12.2 Å². The number of nitrogens with zero attached hydrogens (tertiary/aromatic N) is 2. The van der Waals surface area contributed by atoms with Gasteiger partial charge in [-0.15, -0.1) is 0 Å². The lowest BCUT2D eigenvalue weighted by Crippen LogP contribution is -2.36. The molecule has 0 unspecified atom stereocenters. The van der Waals surface area contributed by atoms with E-state index in [2.05, 4.69) is 19.0 Å². The van der Waals surface area contributed by atoms with Crippen LogP contribution < -0.4 is 5.73 Å². The van der Waals surface area contributed by atoms with E-state index in [1.807, 2.05) is 6.26 Å². The van der Waals surface area contributed by atoms with E-state index in [1.54, 1.807) is 16.7 Å². The fraction of sp³-hybridized carbons (Fsp3) is 0.818. The van der Waals surface area contributed by atoms with Crippen molar-refractivity contribution < 1.29 is 10.0 Å².